The van der Waals surface area contributed by atoms with Crippen LogP contribution < -0.4 is 0 Å². The van der Waals surface area contributed by atoms with E-state index in [0.717, 1.165) is 5.56 Å². The molecule has 8 heteroatoms. The quantitative estimate of drug-likeness (QED) is 0.741. The molecule has 7 nitrogen and oxygen atoms in total. The van der Waals surface area contributed by atoms with E-state index in [1.807, 2.05) is 6.07 Å². The van der Waals surface area contributed by atoms with E-state index < -0.39 is 6.10 Å². The number of rotatable bonds is 5. The minimum atomic E-state index is -0.952. The maximum absolute atomic E-state index is 13.1. The summed E-state index contributed by atoms with van der Waals surface area (Å²) in [7, 11) is 0. The summed E-state index contributed by atoms with van der Waals surface area (Å²) in [6, 6.07) is 8.16. The van der Waals surface area contributed by atoms with E-state index in [2.05, 4.69) is 25.7 Å². The molecule has 0 fully saturated rings. The first-order valence-corrected chi connectivity index (χ1v) is 6.58. The van der Waals surface area contributed by atoms with Crippen LogP contribution in [0.5, 0.6) is 0 Å². The van der Waals surface area contributed by atoms with Gasteiger partial charge in [0, 0.05) is 6.20 Å². The third kappa shape index (κ3) is 3.41. The predicted molar refractivity (Wildman–Crippen MR) is 75.9 cm³/mol. The van der Waals surface area contributed by atoms with Gasteiger partial charge in [-0.2, -0.15) is 10.3 Å². The highest BCUT2D eigenvalue weighted by Gasteiger charge is 2.08. The van der Waals surface area contributed by atoms with Crippen molar-refractivity contribution in [3.05, 3.63) is 65.5 Å². The normalized spacial score (nSPS) is 12.8. The average Bonchev–Trinajstić information content (AvgIpc) is 3.16. The number of aliphatic hydroxyl groups excluding tert-OH is 1. The monoisotopic (exact) mass is 300 g/mol. The lowest BCUT2D eigenvalue weighted by Crippen LogP contribution is -2.00. The van der Waals surface area contributed by atoms with Crippen molar-refractivity contribution in [3.63, 3.8) is 0 Å². The Morgan fingerprint density at radius 1 is 1.36 bits per heavy atom. The average molecular weight is 300 g/mol. The molecular formula is C14H13FN6O. The Morgan fingerprint density at radius 3 is 3.05 bits per heavy atom. The van der Waals surface area contributed by atoms with Crippen LogP contribution in [-0.4, -0.2) is 35.5 Å². The lowest BCUT2D eigenvalue weighted by molar-refractivity contribution is 0.219. The Kier molecular flexibility index (Phi) is 4.01. The molecule has 2 heterocycles. The van der Waals surface area contributed by atoms with Gasteiger partial charge in [-0.05, 0) is 35.9 Å². The molecule has 0 aliphatic heterocycles. The van der Waals surface area contributed by atoms with Crippen molar-refractivity contribution in [1.29, 1.82) is 0 Å². The van der Waals surface area contributed by atoms with Crippen molar-refractivity contribution in [2.45, 2.75) is 12.6 Å². The van der Waals surface area contributed by atoms with Crippen LogP contribution in [-0.2, 0) is 6.54 Å². The molecule has 1 unspecified atom stereocenters. The second-order valence-corrected chi connectivity index (χ2v) is 4.64. The fourth-order valence-corrected chi connectivity index (χ4v) is 1.95. The number of hydrogen-bond donors (Lipinski definition) is 2. The fraction of sp³-hybridized carbons (Fsp3) is 0.143. The summed E-state index contributed by atoms with van der Waals surface area (Å²) in [4.78, 5) is 0. The first-order valence-electron chi connectivity index (χ1n) is 6.58. The molecule has 1 aromatic carbocycles. The molecule has 0 radical (unpaired) electrons. The van der Waals surface area contributed by atoms with Crippen LogP contribution in [0.1, 0.15) is 23.2 Å². The zero-order chi connectivity index (χ0) is 15.4. The molecule has 0 saturated heterocycles. The molecule has 0 aliphatic rings. The number of nitrogens with one attached hydrogen (secondary N) is 1. The molecule has 112 valence electrons. The highest BCUT2D eigenvalue weighted by atomic mass is 19.1. The third-order valence-electron chi connectivity index (χ3n) is 2.97. The van der Waals surface area contributed by atoms with Gasteiger partial charge in [-0.15, -0.1) is 10.2 Å². The van der Waals surface area contributed by atoms with Gasteiger partial charge in [0.2, 0.25) is 5.82 Å². The molecule has 0 amide bonds. The summed E-state index contributed by atoms with van der Waals surface area (Å²) in [5.74, 6) is -0.0801. The predicted octanol–water partition coefficient (Wildman–Crippen LogP) is 1.33. The van der Waals surface area contributed by atoms with Crippen LogP contribution in [0.3, 0.4) is 0 Å². The Hall–Kier alpha value is -2.87. The summed E-state index contributed by atoms with van der Waals surface area (Å²) in [6.45, 7) is 0.471. The molecule has 3 aromatic rings. The van der Waals surface area contributed by atoms with Gasteiger partial charge in [0.05, 0.1) is 12.2 Å². The molecule has 2 aromatic heterocycles. The minimum absolute atomic E-state index is 0.190. The van der Waals surface area contributed by atoms with Crippen LogP contribution in [0.25, 0.3) is 6.08 Å². The second-order valence-electron chi connectivity index (χ2n) is 4.64. The van der Waals surface area contributed by atoms with Gasteiger partial charge in [-0.3, -0.25) is 4.68 Å². The number of aliphatic hydroxyl groups is 1. The summed E-state index contributed by atoms with van der Waals surface area (Å²) < 4.78 is 14.8. The van der Waals surface area contributed by atoms with Gasteiger partial charge < -0.3 is 5.11 Å². The number of aromatic amines is 1. The van der Waals surface area contributed by atoms with Crippen LogP contribution in [0.15, 0.2) is 42.6 Å². The Balaban J connectivity index is 1.66. The Bertz CT molecular complexity index is 767. The molecule has 22 heavy (non-hydrogen) atoms. The Morgan fingerprint density at radius 2 is 2.27 bits per heavy atom. The van der Waals surface area contributed by atoms with Crippen LogP contribution >= 0.6 is 0 Å². The van der Waals surface area contributed by atoms with Crippen LogP contribution in [0, 0.1) is 5.82 Å². The largest absolute Gasteiger partial charge is 0.381 e. The summed E-state index contributed by atoms with van der Waals surface area (Å²) in [5, 5.41) is 27.1. The molecule has 0 aliphatic carbocycles. The smallest absolute Gasteiger partial charge is 0.206 e. The van der Waals surface area contributed by atoms with E-state index >= 15 is 0 Å². The number of tetrazole rings is 1. The maximum atomic E-state index is 13.1. The number of H-pyrrole nitrogens is 1. The lowest BCUT2D eigenvalue weighted by Gasteiger charge is -2.01. The van der Waals surface area contributed by atoms with E-state index in [4.69, 9.17) is 0 Å². The SMILES string of the molecule is OC(C=Cc1ccn(Cc2cccc(F)c2)n1)c1nn[nH]n1. The second kappa shape index (κ2) is 6.27. The van der Waals surface area contributed by atoms with Gasteiger partial charge in [0.1, 0.15) is 11.9 Å². The first kappa shape index (κ1) is 14.1. The highest BCUT2D eigenvalue weighted by Crippen LogP contribution is 2.10. The maximum Gasteiger partial charge on any atom is 0.206 e. The minimum Gasteiger partial charge on any atom is -0.381 e. The number of hydrogen-bond acceptors (Lipinski definition) is 5. The van der Waals surface area contributed by atoms with E-state index in [-0.39, 0.29) is 11.6 Å². The number of benzene rings is 1. The van der Waals surface area contributed by atoms with Gasteiger partial charge in [0.25, 0.3) is 0 Å². The standard InChI is InChI=1S/C14H13FN6O/c15-11-3-1-2-10(8-11)9-21-7-6-12(18-21)4-5-13(22)14-16-19-20-17-14/h1-8,13,22H,9H2,(H,16,17,19,20). The van der Waals surface area contributed by atoms with Gasteiger partial charge in [-0.25, -0.2) is 4.39 Å². The van der Waals surface area contributed by atoms with Gasteiger partial charge in [0.15, 0.2) is 0 Å². The number of halogens is 1. The van der Waals surface area contributed by atoms with E-state index in [1.54, 1.807) is 29.1 Å². The van der Waals surface area contributed by atoms with Gasteiger partial charge in [-0.1, -0.05) is 17.3 Å². The van der Waals surface area contributed by atoms with Crippen LogP contribution in [0.2, 0.25) is 0 Å². The molecule has 2 N–H and O–H groups in total. The number of aromatic nitrogens is 6. The first-order chi connectivity index (χ1) is 10.7. The third-order valence-corrected chi connectivity index (χ3v) is 2.97. The van der Waals surface area contributed by atoms with E-state index in [0.29, 0.717) is 12.2 Å². The molecule has 0 saturated carbocycles. The number of nitrogens with zero attached hydrogens (tertiary/aromatic N) is 5. The van der Waals surface area contributed by atoms with Crippen molar-refractivity contribution in [2.24, 2.45) is 0 Å². The molecule has 1 atom stereocenters. The fourth-order valence-electron chi connectivity index (χ4n) is 1.95. The van der Waals surface area contributed by atoms with Crippen LogP contribution in [0.4, 0.5) is 4.39 Å². The Labute approximate surface area is 125 Å². The highest BCUT2D eigenvalue weighted by molar-refractivity contribution is 5.44. The van der Waals surface area contributed by atoms with Crippen molar-refractivity contribution < 1.29 is 9.50 Å². The topological polar surface area (TPSA) is 92.5 Å². The molecule has 3 rings (SSSR count). The summed E-state index contributed by atoms with van der Waals surface area (Å²) in [5.41, 5.74) is 1.49. The zero-order valence-electron chi connectivity index (χ0n) is 11.5. The van der Waals surface area contributed by atoms with E-state index in [9.17, 15) is 9.50 Å². The van der Waals surface area contributed by atoms with Crippen molar-refractivity contribution in [3.8, 4) is 0 Å². The van der Waals surface area contributed by atoms with E-state index in [1.165, 1.54) is 18.2 Å². The van der Waals surface area contributed by atoms with Crippen molar-refractivity contribution in [1.82, 2.24) is 30.4 Å². The lowest BCUT2D eigenvalue weighted by atomic mass is 10.2. The molecule has 0 spiro atoms. The van der Waals surface area contributed by atoms with Crippen molar-refractivity contribution in [2.75, 3.05) is 0 Å². The molecular weight excluding hydrogens is 287 g/mol. The summed E-state index contributed by atoms with van der Waals surface area (Å²) >= 11 is 0. The zero-order valence-corrected chi connectivity index (χ0v) is 11.5. The summed E-state index contributed by atoms with van der Waals surface area (Å²) in [6.07, 6.45) is 4.00. The van der Waals surface area contributed by atoms with Gasteiger partial charge >= 0.3 is 0 Å². The van der Waals surface area contributed by atoms with Crippen molar-refractivity contribution >= 4 is 6.08 Å². The molecule has 0 bridgehead atoms.